The minimum Gasteiger partial charge on any atom is -0.488 e. The van der Waals surface area contributed by atoms with Crippen LogP contribution in [-0.2, 0) is 6.61 Å². The Balaban J connectivity index is 1.88. The molecule has 4 heteroatoms. The Kier molecular flexibility index (Phi) is 5.90. The van der Waals surface area contributed by atoms with Gasteiger partial charge in [-0.2, -0.15) is 10.5 Å². The van der Waals surface area contributed by atoms with Crippen LogP contribution in [0.1, 0.15) is 22.3 Å². The number of hydrogen-bond donors (Lipinski definition) is 0. The van der Waals surface area contributed by atoms with E-state index in [9.17, 15) is 10.5 Å². The predicted octanol–water partition coefficient (Wildman–Crippen LogP) is 5.85. The van der Waals surface area contributed by atoms with Crippen molar-refractivity contribution in [2.45, 2.75) is 6.61 Å². The molecule has 0 unspecified atom stereocenters. The molecule has 0 bridgehead atoms. The van der Waals surface area contributed by atoms with Gasteiger partial charge in [0.15, 0.2) is 0 Å². The molecule has 0 atom stereocenters. The lowest BCUT2D eigenvalue weighted by molar-refractivity contribution is 0.305. The van der Waals surface area contributed by atoms with Crippen LogP contribution in [0.15, 0.2) is 72.8 Å². The molecule has 0 saturated carbocycles. The summed E-state index contributed by atoms with van der Waals surface area (Å²) in [5.41, 5.74) is 3.49. The third-order valence-electron chi connectivity index (χ3n) is 4.02. The van der Waals surface area contributed by atoms with Gasteiger partial charge in [0.2, 0.25) is 0 Å². The molecular weight excluding hydrogens is 356 g/mol. The van der Waals surface area contributed by atoms with Crippen LogP contribution in [0.25, 0.3) is 11.6 Å². The van der Waals surface area contributed by atoms with Gasteiger partial charge >= 0.3 is 0 Å². The highest BCUT2D eigenvalue weighted by Crippen LogP contribution is 2.26. The Hall–Kier alpha value is -3.53. The molecule has 0 aromatic heterocycles. The van der Waals surface area contributed by atoms with Gasteiger partial charge in [-0.15, -0.1) is 0 Å². The highest BCUT2D eigenvalue weighted by atomic mass is 35.5. The van der Waals surface area contributed by atoms with Crippen molar-refractivity contribution in [1.82, 2.24) is 0 Å². The SMILES string of the molecule is N#C/C(=C\c1ccccc1OCc1ccccc1C#N)c1ccc(Cl)cc1. The van der Waals surface area contributed by atoms with Gasteiger partial charge in [-0.05, 0) is 35.9 Å². The van der Waals surface area contributed by atoms with E-state index in [1.807, 2.05) is 54.6 Å². The quantitative estimate of drug-likeness (QED) is 0.417. The molecule has 3 aromatic carbocycles. The zero-order valence-electron chi connectivity index (χ0n) is 14.4. The molecule has 0 amide bonds. The third-order valence-corrected chi connectivity index (χ3v) is 4.27. The molecule has 0 aliphatic heterocycles. The Morgan fingerprint density at radius 2 is 1.63 bits per heavy atom. The van der Waals surface area contributed by atoms with Crippen LogP contribution in [0.3, 0.4) is 0 Å². The summed E-state index contributed by atoms with van der Waals surface area (Å²) in [6, 6.07) is 26.3. The molecule has 0 radical (unpaired) electrons. The predicted molar refractivity (Wildman–Crippen MR) is 107 cm³/mol. The lowest BCUT2D eigenvalue weighted by Gasteiger charge is -2.11. The molecule has 0 aliphatic carbocycles. The van der Waals surface area contributed by atoms with E-state index < -0.39 is 0 Å². The average molecular weight is 371 g/mol. The second-order valence-electron chi connectivity index (χ2n) is 5.77. The number of nitrogens with zero attached hydrogens (tertiary/aromatic N) is 2. The van der Waals surface area contributed by atoms with E-state index in [1.165, 1.54) is 0 Å². The van der Waals surface area contributed by atoms with Crippen LogP contribution in [0, 0.1) is 22.7 Å². The molecule has 0 fully saturated rings. The molecule has 3 aromatic rings. The van der Waals surface area contributed by atoms with Crippen LogP contribution >= 0.6 is 11.6 Å². The summed E-state index contributed by atoms with van der Waals surface area (Å²) < 4.78 is 5.94. The fraction of sp³-hybridized carbons (Fsp3) is 0.0435. The van der Waals surface area contributed by atoms with Crippen LogP contribution in [0.4, 0.5) is 0 Å². The molecule has 0 N–H and O–H groups in total. The number of ether oxygens (including phenoxy) is 1. The van der Waals surface area contributed by atoms with Crippen molar-refractivity contribution >= 4 is 23.3 Å². The number of nitriles is 2. The molecule has 130 valence electrons. The Morgan fingerprint density at radius 1 is 0.926 bits per heavy atom. The second-order valence-corrected chi connectivity index (χ2v) is 6.21. The Bertz CT molecular complexity index is 1060. The molecule has 27 heavy (non-hydrogen) atoms. The summed E-state index contributed by atoms with van der Waals surface area (Å²) in [4.78, 5) is 0. The van der Waals surface area contributed by atoms with Crippen LogP contribution in [-0.4, -0.2) is 0 Å². The van der Waals surface area contributed by atoms with E-state index in [0.717, 1.165) is 16.7 Å². The van der Waals surface area contributed by atoms with E-state index in [0.29, 0.717) is 21.9 Å². The van der Waals surface area contributed by atoms with Gasteiger partial charge in [-0.1, -0.05) is 60.1 Å². The topological polar surface area (TPSA) is 56.8 Å². The van der Waals surface area contributed by atoms with Crippen molar-refractivity contribution in [3.05, 3.63) is 100 Å². The van der Waals surface area contributed by atoms with Crippen molar-refractivity contribution in [3.8, 4) is 17.9 Å². The zero-order chi connectivity index (χ0) is 19.1. The lowest BCUT2D eigenvalue weighted by Crippen LogP contribution is -1.99. The van der Waals surface area contributed by atoms with Crippen molar-refractivity contribution in [1.29, 1.82) is 10.5 Å². The fourth-order valence-corrected chi connectivity index (χ4v) is 2.73. The maximum atomic E-state index is 9.55. The summed E-state index contributed by atoms with van der Waals surface area (Å²) in [6.07, 6.45) is 1.79. The number of hydrogen-bond acceptors (Lipinski definition) is 3. The molecule has 0 aliphatic rings. The highest BCUT2D eigenvalue weighted by Gasteiger charge is 2.07. The Labute approximate surface area is 163 Å². The van der Waals surface area contributed by atoms with E-state index in [1.54, 1.807) is 24.3 Å². The summed E-state index contributed by atoms with van der Waals surface area (Å²) in [7, 11) is 0. The number of para-hydroxylation sites is 1. The number of halogens is 1. The summed E-state index contributed by atoms with van der Waals surface area (Å²) in [5.74, 6) is 0.645. The summed E-state index contributed by atoms with van der Waals surface area (Å²) in [6.45, 7) is 0.275. The van der Waals surface area contributed by atoms with Gasteiger partial charge in [0.05, 0.1) is 23.3 Å². The van der Waals surface area contributed by atoms with Gasteiger partial charge in [0.25, 0.3) is 0 Å². The normalized spacial score (nSPS) is 10.7. The molecule has 3 rings (SSSR count). The second kappa shape index (κ2) is 8.72. The number of allylic oxidation sites excluding steroid dienone is 1. The first kappa shape index (κ1) is 18.3. The maximum absolute atomic E-state index is 9.55. The monoisotopic (exact) mass is 370 g/mol. The standard InChI is InChI=1S/C23H15ClN2O/c24-22-11-9-17(10-12-22)21(15-26)13-18-5-3-4-8-23(18)27-16-20-7-2-1-6-19(20)14-25/h1-13H,16H2/b21-13+. The molecule has 3 nitrogen and oxygen atoms in total. The van der Waals surface area contributed by atoms with Crippen molar-refractivity contribution in [2.75, 3.05) is 0 Å². The van der Waals surface area contributed by atoms with Gasteiger partial charge in [-0.25, -0.2) is 0 Å². The number of benzene rings is 3. The molecular formula is C23H15ClN2O. The van der Waals surface area contributed by atoms with E-state index in [-0.39, 0.29) is 6.61 Å². The van der Waals surface area contributed by atoms with Crippen LogP contribution in [0.2, 0.25) is 5.02 Å². The van der Waals surface area contributed by atoms with Crippen LogP contribution in [0.5, 0.6) is 5.75 Å². The van der Waals surface area contributed by atoms with Crippen LogP contribution < -0.4 is 4.74 Å². The minimum absolute atomic E-state index is 0.275. The molecule has 0 saturated heterocycles. The van der Waals surface area contributed by atoms with E-state index >= 15 is 0 Å². The maximum Gasteiger partial charge on any atom is 0.127 e. The zero-order valence-corrected chi connectivity index (χ0v) is 15.1. The van der Waals surface area contributed by atoms with E-state index in [4.69, 9.17) is 16.3 Å². The first-order chi connectivity index (χ1) is 13.2. The minimum atomic E-state index is 0.275. The van der Waals surface area contributed by atoms with Gasteiger partial charge in [0.1, 0.15) is 12.4 Å². The first-order valence-electron chi connectivity index (χ1n) is 8.29. The smallest absolute Gasteiger partial charge is 0.127 e. The molecule has 0 heterocycles. The summed E-state index contributed by atoms with van der Waals surface area (Å²) in [5, 5.41) is 19.4. The fourth-order valence-electron chi connectivity index (χ4n) is 2.61. The summed E-state index contributed by atoms with van der Waals surface area (Å²) >= 11 is 5.92. The Morgan fingerprint density at radius 3 is 2.37 bits per heavy atom. The van der Waals surface area contributed by atoms with Gasteiger partial charge in [0, 0.05) is 16.1 Å². The van der Waals surface area contributed by atoms with Gasteiger partial charge in [-0.3, -0.25) is 0 Å². The number of rotatable bonds is 5. The third kappa shape index (κ3) is 4.55. The van der Waals surface area contributed by atoms with Crippen molar-refractivity contribution in [2.24, 2.45) is 0 Å². The molecule has 0 spiro atoms. The highest BCUT2D eigenvalue weighted by molar-refractivity contribution is 6.30. The van der Waals surface area contributed by atoms with Crippen molar-refractivity contribution in [3.63, 3.8) is 0 Å². The lowest BCUT2D eigenvalue weighted by atomic mass is 10.0. The van der Waals surface area contributed by atoms with Crippen molar-refractivity contribution < 1.29 is 4.74 Å². The first-order valence-corrected chi connectivity index (χ1v) is 8.66. The van der Waals surface area contributed by atoms with Gasteiger partial charge < -0.3 is 4.74 Å². The largest absolute Gasteiger partial charge is 0.488 e. The van der Waals surface area contributed by atoms with E-state index in [2.05, 4.69) is 12.1 Å². The average Bonchev–Trinajstić information content (AvgIpc) is 2.72.